The lowest BCUT2D eigenvalue weighted by Crippen LogP contribution is -2.26. The number of halogens is 2. The topological polar surface area (TPSA) is 33.1 Å². The highest BCUT2D eigenvalue weighted by atomic mass is 35.5. The second-order valence-electron chi connectivity index (χ2n) is 7.58. The van der Waals surface area contributed by atoms with Gasteiger partial charge in [0, 0.05) is 30.4 Å². The van der Waals surface area contributed by atoms with Crippen molar-refractivity contribution >= 4 is 11.6 Å². The van der Waals surface area contributed by atoms with Gasteiger partial charge in [-0.15, -0.1) is 0 Å². The molecule has 29 heavy (non-hydrogen) atoms. The van der Waals surface area contributed by atoms with E-state index in [2.05, 4.69) is 17.1 Å². The number of rotatable bonds is 7. The molecule has 0 spiro atoms. The molecule has 1 unspecified atom stereocenters. The molecule has 152 valence electrons. The Labute approximate surface area is 176 Å². The van der Waals surface area contributed by atoms with Gasteiger partial charge in [0.15, 0.2) is 0 Å². The summed E-state index contributed by atoms with van der Waals surface area (Å²) in [5.41, 5.74) is 3.66. The molecule has 3 aromatic rings. The number of nitrogens with one attached hydrogen (secondary N) is 1. The number of hydrogen-bond acceptors (Lipinski definition) is 3. The molecule has 0 aliphatic carbocycles. The summed E-state index contributed by atoms with van der Waals surface area (Å²) in [5, 5.41) is 9.06. The normalized spacial score (nSPS) is 17.1. The van der Waals surface area contributed by atoms with Crippen molar-refractivity contribution in [2.75, 3.05) is 26.2 Å². The van der Waals surface area contributed by atoms with Crippen LogP contribution in [-0.4, -0.2) is 40.9 Å². The first kappa shape index (κ1) is 20.1. The Kier molecular flexibility index (Phi) is 6.28. The maximum atomic E-state index is 13.3. The lowest BCUT2D eigenvalue weighted by atomic mass is 10.1. The van der Waals surface area contributed by atoms with Crippen molar-refractivity contribution in [1.82, 2.24) is 20.0 Å². The van der Waals surface area contributed by atoms with Crippen LogP contribution < -0.4 is 5.32 Å². The zero-order valence-electron chi connectivity index (χ0n) is 16.6. The first-order valence-electron chi connectivity index (χ1n) is 10.2. The smallest absolute Gasteiger partial charge is 0.123 e. The van der Waals surface area contributed by atoms with Crippen LogP contribution in [0.4, 0.5) is 4.39 Å². The maximum Gasteiger partial charge on any atom is 0.123 e. The summed E-state index contributed by atoms with van der Waals surface area (Å²) in [6.07, 6.45) is 3.25. The number of aromatic nitrogens is 2. The standard InChI is InChI=1S/C23H26ClFN4/c1-2-28-12-11-17(15-28)13-26-14-18-16-29(20-9-7-19(25)8-10-20)27-23(18)21-5-3-4-6-22(21)24/h3-10,16-17,26H,2,11-15H2,1H3. The summed E-state index contributed by atoms with van der Waals surface area (Å²) in [4.78, 5) is 2.49. The molecule has 4 nitrogen and oxygen atoms in total. The maximum absolute atomic E-state index is 13.3. The Morgan fingerprint density at radius 3 is 2.69 bits per heavy atom. The van der Waals surface area contributed by atoms with Crippen molar-refractivity contribution in [2.45, 2.75) is 19.9 Å². The molecule has 1 fully saturated rings. The number of hydrogen-bond donors (Lipinski definition) is 1. The molecule has 0 radical (unpaired) electrons. The van der Waals surface area contributed by atoms with Crippen LogP contribution in [0.25, 0.3) is 16.9 Å². The molecule has 2 aromatic carbocycles. The molecule has 1 saturated heterocycles. The van der Waals surface area contributed by atoms with Gasteiger partial charge in [0.2, 0.25) is 0 Å². The van der Waals surface area contributed by atoms with E-state index in [9.17, 15) is 4.39 Å². The summed E-state index contributed by atoms with van der Waals surface area (Å²) in [6.45, 7) is 7.39. The zero-order chi connectivity index (χ0) is 20.2. The van der Waals surface area contributed by atoms with E-state index in [1.807, 2.05) is 30.5 Å². The Morgan fingerprint density at radius 1 is 1.17 bits per heavy atom. The summed E-state index contributed by atoms with van der Waals surface area (Å²) in [6, 6.07) is 14.1. The molecular formula is C23H26ClFN4. The minimum atomic E-state index is -0.258. The number of likely N-dealkylation sites (tertiary alicyclic amines) is 1. The highest BCUT2D eigenvalue weighted by Gasteiger charge is 2.21. The van der Waals surface area contributed by atoms with Crippen molar-refractivity contribution < 1.29 is 4.39 Å². The quantitative estimate of drug-likeness (QED) is 0.607. The number of nitrogens with zero attached hydrogens (tertiary/aromatic N) is 3. The van der Waals surface area contributed by atoms with Crippen LogP contribution in [0.2, 0.25) is 5.02 Å². The molecule has 0 saturated carbocycles. The molecule has 0 bridgehead atoms. The van der Waals surface area contributed by atoms with Crippen molar-refractivity contribution in [3.05, 3.63) is 71.1 Å². The third-order valence-corrected chi connectivity index (χ3v) is 5.91. The molecule has 1 aromatic heterocycles. The van der Waals surface area contributed by atoms with Gasteiger partial charge in [-0.3, -0.25) is 0 Å². The Bertz CT molecular complexity index is 954. The highest BCUT2D eigenvalue weighted by molar-refractivity contribution is 6.33. The minimum Gasteiger partial charge on any atom is -0.312 e. The van der Waals surface area contributed by atoms with Gasteiger partial charge in [0.05, 0.1) is 16.4 Å². The fraction of sp³-hybridized carbons (Fsp3) is 0.348. The van der Waals surface area contributed by atoms with Gasteiger partial charge in [-0.25, -0.2) is 9.07 Å². The van der Waals surface area contributed by atoms with Crippen LogP contribution in [0.3, 0.4) is 0 Å². The van der Waals surface area contributed by atoms with E-state index in [-0.39, 0.29) is 5.82 Å². The fourth-order valence-corrected chi connectivity index (χ4v) is 4.15. The molecule has 2 heterocycles. The molecule has 1 aliphatic rings. The van der Waals surface area contributed by atoms with E-state index in [0.717, 1.165) is 42.1 Å². The zero-order valence-corrected chi connectivity index (χ0v) is 17.4. The Morgan fingerprint density at radius 2 is 1.97 bits per heavy atom. The van der Waals surface area contributed by atoms with E-state index in [1.54, 1.807) is 16.8 Å². The average Bonchev–Trinajstić information content (AvgIpc) is 3.36. The predicted molar refractivity (Wildman–Crippen MR) is 116 cm³/mol. The van der Waals surface area contributed by atoms with Gasteiger partial charge >= 0.3 is 0 Å². The molecule has 1 atom stereocenters. The van der Waals surface area contributed by atoms with Gasteiger partial charge in [-0.1, -0.05) is 36.7 Å². The van der Waals surface area contributed by atoms with Crippen molar-refractivity contribution in [2.24, 2.45) is 5.92 Å². The van der Waals surface area contributed by atoms with Crippen molar-refractivity contribution in [3.63, 3.8) is 0 Å². The summed E-state index contributed by atoms with van der Waals surface area (Å²) in [7, 11) is 0. The first-order chi connectivity index (χ1) is 14.1. The van der Waals surface area contributed by atoms with Crippen LogP contribution >= 0.6 is 11.6 Å². The van der Waals surface area contributed by atoms with E-state index in [4.69, 9.17) is 16.7 Å². The molecule has 4 rings (SSSR count). The fourth-order valence-electron chi connectivity index (χ4n) is 3.92. The predicted octanol–water partition coefficient (Wildman–Crippen LogP) is 4.76. The minimum absolute atomic E-state index is 0.258. The van der Waals surface area contributed by atoms with E-state index < -0.39 is 0 Å². The van der Waals surface area contributed by atoms with Crippen LogP contribution in [0, 0.1) is 11.7 Å². The van der Waals surface area contributed by atoms with Crippen LogP contribution in [-0.2, 0) is 6.54 Å². The van der Waals surface area contributed by atoms with Crippen molar-refractivity contribution in [3.8, 4) is 16.9 Å². The monoisotopic (exact) mass is 412 g/mol. The summed E-state index contributed by atoms with van der Waals surface area (Å²) in [5.74, 6) is 0.428. The third kappa shape index (κ3) is 4.69. The van der Waals surface area contributed by atoms with Gasteiger partial charge in [0.25, 0.3) is 0 Å². The molecule has 1 aliphatic heterocycles. The first-order valence-corrected chi connectivity index (χ1v) is 10.5. The third-order valence-electron chi connectivity index (χ3n) is 5.58. The molecule has 0 amide bonds. The Balaban J connectivity index is 1.56. The lowest BCUT2D eigenvalue weighted by Gasteiger charge is -2.13. The largest absolute Gasteiger partial charge is 0.312 e. The Hall–Kier alpha value is -2.21. The van der Waals surface area contributed by atoms with E-state index >= 15 is 0 Å². The second kappa shape index (κ2) is 9.08. The van der Waals surface area contributed by atoms with E-state index in [0.29, 0.717) is 17.5 Å². The summed E-state index contributed by atoms with van der Waals surface area (Å²) < 4.78 is 15.1. The van der Waals surface area contributed by atoms with Gasteiger partial charge in [-0.2, -0.15) is 5.10 Å². The van der Waals surface area contributed by atoms with Crippen LogP contribution in [0.5, 0.6) is 0 Å². The molecular weight excluding hydrogens is 387 g/mol. The lowest BCUT2D eigenvalue weighted by molar-refractivity contribution is 0.339. The highest BCUT2D eigenvalue weighted by Crippen LogP contribution is 2.30. The van der Waals surface area contributed by atoms with Crippen LogP contribution in [0.15, 0.2) is 54.7 Å². The molecule has 1 N–H and O–H groups in total. The average molecular weight is 413 g/mol. The van der Waals surface area contributed by atoms with Crippen molar-refractivity contribution in [1.29, 1.82) is 0 Å². The van der Waals surface area contributed by atoms with Crippen LogP contribution in [0.1, 0.15) is 18.9 Å². The van der Waals surface area contributed by atoms with Gasteiger partial charge < -0.3 is 10.2 Å². The summed E-state index contributed by atoms with van der Waals surface area (Å²) >= 11 is 6.45. The van der Waals surface area contributed by atoms with Gasteiger partial charge in [0.1, 0.15) is 5.82 Å². The molecule has 6 heteroatoms. The number of benzene rings is 2. The second-order valence-corrected chi connectivity index (χ2v) is 7.99. The SMILES string of the molecule is CCN1CCC(CNCc2cn(-c3ccc(F)cc3)nc2-c2ccccc2Cl)C1. The van der Waals surface area contributed by atoms with Gasteiger partial charge in [-0.05, 0) is 62.3 Å². The van der Waals surface area contributed by atoms with E-state index in [1.165, 1.54) is 25.1 Å².